The van der Waals surface area contributed by atoms with E-state index >= 15 is 0 Å². The molecule has 0 saturated heterocycles. The topological polar surface area (TPSA) is 78.9 Å². The number of rotatable bonds is 63. The SMILES string of the molecule is CCC(C)CCCCCCCCCCCCCCCCC(=O)OC[C@@H](COC(=O)CCCCCCCCCCCCCCCCCCCCC(C)C)OC(=O)CCCCCCCCCCCCCCCCCCC(C)C. The Bertz CT molecular complexity index is 1180. The van der Waals surface area contributed by atoms with E-state index in [2.05, 4.69) is 41.5 Å². The average molecular weight is 1070 g/mol. The second kappa shape index (κ2) is 61.0. The molecule has 2 atom stereocenters. The number of ether oxygens (including phenoxy) is 3. The largest absolute Gasteiger partial charge is 0.462 e. The van der Waals surface area contributed by atoms with Crippen molar-refractivity contribution in [1.82, 2.24) is 0 Å². The number of hydrogen-bond donors (Lipinski definition) is 0. The lowest BCUT2D eigenvalue weighted by atomic mass is 9.99. The van der Waals surface area contributed by atoms with Gasteiger partial charge in [-0.15, -0.1) is 0 Å². The monoisotopic (exact) mass is 1070 g/mol. The van der Waals surface area contributed by atoms with E-state index in [1.165, 1.54) is 276 Å². The standard InChI is InChI=1S/C70H136O6/c1-7-66(6)58-52-46-40-34-28-22-18-19-24-30-36-42-48-54-60-69(72)75-63-67(76-70(73)61-55-49-43-37-31-25-17-13-12-15-21-27-33-39-45-51-57-65(4)5)62-74-68(71)59-53-47-41-35-29-23-16-11-9-8-10-14-20-26-32-38-44-50-56-64(2)3/h64-67H,7-63H2,1-6H3/t66?,67-/m1/s1. The maximum absolute atomic E-state index is 12.9. The summed E-state index contributed by atoms with van der Waals surface area (Å²) in [4.78, 5) is 38.4. The molecule has 0 N–H and O–H groups in total. The fourth-order valence-corrected chi connectivity index (χ4v) is 10.9. The van der Waals surface area contributed by atoms with Crippen molar-refractivity contribution in [3.8, 4) is 0 Å². The van der Waals surface area contributed by atoms with E-state index in [0.29, 0.717) is 19.3 Å². The third-order valence-corrected chi connectivity index (χ3v) is 16.5. The van der Waals surface area contributed by atoms with Gasteiger partial charge in [0.25, 0.3) is 0 Å². The Morgan fingerprint density at radius 3 is 0.684 bits per heavy atom. The van der Waals surface area contributed by atoms with Crippen molar-refractivity contribution in [2.24, 2.45) is 17.8 Å². The van der Waals surface area contributed by atoms with Crippen LogP contribution >= 0.6 is 0 Å². The number of carbonyl (C=O) groups excluding carboxylic acids is 3. The molecule has 0 aliphatic rings. The van der Waals surface area contributed by atoms with Crippen LogP contribution in [-0.2, 0) is 28.6 Å². The van der Waals surface area contributed by atoms with Crippen LogP contribution < -0.4 is 0 Å². The highest BCUT2D eigenvalue weighted by Gasteiger charge is 2.20. The summed E-state index contributed by atoms with van der Waals surface area (Å²) in [6.07, 6.45) is 68.2. The molecular weight excluding hydrogens is 937 g/mol. The lowest BCUT2D eigenvalue weighted by Gasteiger charge is -2.18. The fraction of sp³-hybridized carbons (Fsp3) is 0.957. The second-order valence-electron chi connectivity index (χ2n) is 25.4. The molecule has 0 amide bonds. The first-order chi connectivity index (χ1) is 37.1. The van der Waals surface area contributed by atoms with Crippen LogP contribution in [0.5, 0.6) is 0 Å². The molecule has 0 aromatic rings. The summed E-state index contributed by atoms with van der Waals surface area (Å²) >= 11 is 0. The second-order valence-corrected chi connectivity index (χ2v) is 25.4. The van der Waals surface area contributed by atoms with Gasteiger partial charge in [-0.3, -0.25) is 14.4 Å². The summed E-state index contributed by atoms with van der Waals surface area (Å²) in [5, 5.41) is 0. The first-order valence-electron chi connectivity index (χ1n) is 34.6. The number of esters is 3. The third-order valence-electron chi connectivity index (χ3n) is 16.5. The van der Waals surface area contributed by atoms with Gasteiger partial charge in [-0.05, 0) is 37.0 Å². The van der Waals surface area contributed by atoms with Gasteiger partial charge in [-0.25, -0.2) is 0 Å². The molecule has 0 radical (unpaired) electrons. The average Bonchev–Trinajstić information content (AvgIpc) is 3.40. The fourth-order valence-electron chi connectivity index (χ4n) is 10.9. The van der Waals surface area contributed by atoms with Crippen molar-refractivity contribution < 1.29 is 28.6 Å². The Morgan fingerprint density at radius 1 is 0.263 bits per heavy atom. The Morgan fingerprint density at radius 2 is 0.461 bits per heavy atom. The Kier molecular flexibility index (Phi) is 59.8. The molecule has 0 aliphatic heterocycles. The molecular formula is C70H136O6. The van der Waals surface area contributed by atoms with E-state index in [1.807, 2.05) is 0 Å². The van der Waals surface area contributed by atoms with Gasteiger partial charge in [0.2, 0.25) is 0 Å². The Hall–Kier alpha value is -1.59. The van der Waals surface area contributed by atoms with Crippen molar-refractivity contribution in [1.29, 1.82) is 0 Å². The highest BCUT2D eigenvalue weighted by Crippen LogP contribution is 2.20. The number of unbranched alkanes of at least 4 members (excludes halogenated alkanes) is 45. The molecule has 1 unspecified atom stereocenters. The summed E-state index contributed by atoms with van der Waals surface area (Å²) in [7, 11) is 0. The van der Waals surface area contributed by atoms with Gasteiger partial charge in [0.15, 0.2) is 6.10 Å². The van der Waals surface area contributed by atoms with Crippen LogP contribution in [0.3, 0.4) is 0 Å². The smallest absolute Gasteiger partial charge is 0.306 e. The minimum absolute atomic E-state index is 0.0619. The zero-order chi connectivity index (χ0) is 55.5. The summed E-state index contributed by atoms with van der Waals surface area (Å²) < 4.78 is 17.0. The van der Waals surface area contributed by atoms with Crippen LogP contribution in [0, 0.1) is 17.8 Å². The highest BCUT2D eigenvalue weighted by atomic mass is 16.6. The summed E-state index contributed by atoms with van der Waals surface area (Å²) in [6, 6.07) is 0. The van der Waals surface area contributed by atoms with Crippen LogP contribution in [0.15, 0.2) is 0 Å². The molecule has 0 saturated carbocycles. The molecule has 76 heavy (non-hydrogen) atoms. The lowest BCUT2D eigenvalue weighted by molar-refractivity contribution is -0.167. The van der Waals surface area contributed by atoms with Crippen molar-refractivity contribution in [2.75, 3.05) is 13.2 Å². The van der Waals surface area contributed by atoms with Gasteiger partial charge in [0, 0.05) is 19.3 Å². The summed E-state index contributed by atoms with van der Waals surface area (Å²) in [6.45, 7) is 13.9. The number of hydrogen-bond acceptors (Lipinski definition) is 6. The Balaban J connectivity index is 4.28. The maximum Gasteiger partial charge on any atom is 0.306 e. The maximum atomic E-state index is 12.9. The van der Waals surface area contributed by atoms with E-state index in [1.54, 1.807) is 0 Å². The predicted octanol–water partition coefficient (Wildman–Crippen LogP) is 23.4. The van der Waals surface area contributed by atoms with Crippen molar-refractivity contribution in [2.45, 2.75) is 401 Å². The van der Waals surface area contributed by atoms with E-state index in [0.717, 1.165) is 75.5 Å². The quantitative estimate of drug-likeness (QED) is 0.0343. The molecule has 0 aromatic heterocycles. The minimum atomic E-state index is -0.765. The van der Waals surface area contributed by atoms with Crippen LogP contribution in [0.25, 0.3) is 0 Å². The zero-order valence-corrected chi connectivity index (χ0v) is 52.6. The van der Waals surface area contributed by atoms with E-state index in [4.69, 9.17) is 14.2 Å². The molecule has 0 bridgehead atoms. The first-order valence-corrected chi connectivity index (χ1v) is 34.6. The predicted molar refractivity (Wildman–Crippen MR) is 330 cm³/mol. The van der Waals surface area contributed by atoms with Gasteiger partial charge in [0.05, 0.1) is 0 Å². The zero-order valence-electron chi connectivity index (χ0n) is 52.6. The van der Waals surface area contributed by atoms with Gasteiger partial charge < -0.3 is 14.2 Å². The molecule has 0 fully saturated rings. The molecule has 0 aromatic carbocycles. The van der Waals surface area contributed by atoms with E-state index in [9.17, 15) is 14.4 Å². The number of carbonyl (C=O) groups is 3. The molecule has 0 heterocycles. The minimum Gasteiger partial charge on any atom is -0.462 e. The highest BCUT2D eigenvalue weighted by molar-refractivity contribution is 5.71. The van der Waals surface area contributed by atoms with Crippen LogP contribution in [0.2, 0.25) is 0 Å². The van der Waals surface area contributed by atoms with E-state index in [-0.39, 0.29) is 31.1 Å². The first kappa shape index (κ1) is 74.4. The van der Waals surface area contributed by atoms with Crippen LogP contribution in [0.1, 0.15) is 395 Å². The van der Waals surface area contributed by atoms with Gasteiger partial charge in [-0.1, -0.05) is 356 Å². The lowest BCUT2D eigenvalue weighted by Crippen LogP contribution is -2.30. The van der Waals surface area contributed by atoms with Crippen LogP contribution in [-0.4, -0.2) is 37.2 Å². The summed E-state index contributed by atoms with van der Waals surface area (Å²) in [5.74, 6) is 1.78. The van der Waals surface area contributed by atoms with E-state index < -0.39 is 6.10 Å². The molecule has 6 heteroatoms. The third kappa shape index (κ3) is 61.6. The van der Waals surface area contributed by atoms with Crippen LogP contribution in [0.4, 0.5) is 0 Å². The van der Waals surface area contributed by atoms with Gasteiger partial charge in [0.1, 0.15) is 13.2 Å². The molecule has 0 spiro atoms. The van der Waals surface area contributed by atoms with Crippen molar-refractivity contribution in [3.05, 3.63) is 0 Å². The molecule has 452 valence electrons. The van der Waals surface area contributed by atoms with Gasteiger partial charge >= 0.3 is 17.9 Å². The normalized spacial score (nSPS) is 12.5. The molecule has 0 rings (SSSR count). The Labute approximate surface area is 476 Å². The molecule has 6 nitrogen and oxygen atoms in total. The van der Waals surface area contributed by atoms with Gasteiger partial charge in [-0.2, -0.15) is 0 Å². The van der Waals surface area contributed by atoms with Crippen molar-refractivity contribution >= 4 is 17.9 Å². The molecule has 0 aliphatic carbocycles. The van der Waals surface area contributed by atoms with Crippen molar-refractivity contribution in [3.63, 3.8) is 0 Å². The summed E-state index contributed by atoms with van der Waals surface area (Å²) in [5.41, 5.74) is 0.